The second-order valence-electron chi connectivity index (χ2n) is 8.86. The molecule has 1 unspecified atom stereocenters. The van der Waals surface area contributed by atoms with E-state index in [1.165, 1.54) is 29.2 Å². The summed E-state index contributed by atoms with van der Waals surface area (Å²) in [4.78, 5) is 24.6. The molecule has 0 fully saturated rings. The van der Waals surface area contributed by atoms with E-state index in [-0.39, 0.29) is 28.8 Å². The van der Waals surface area contributed by atoms with Gasteiger partial charge in [-0.15, -0.1) is 0 Å². The number of hydrogen-bond acceptors (Lipinski definition) is 6. The molecule has 7 nitrogen and oxygen atoms in total. The quantitative estimate of drug-likeness (QED) is 0.407. The molecule has 0 spiro atoms. The lowest BCUT2D eigenvalue weighted by Gasteiger charge is -2.23. The molecule has 0 radical (unpaired) electrons. The number of amides is 1. The van der Waals surface area contributed by atoms with Crippen LogP contribution in [0.1, 0.15) is 34.8 Å². The SMILES string of the molecule is CCC(N)CN(C)C(=O)c1c(-c2cc(C)cc(F)c2)cnc2ccc(-c3cc(O)cc(C#N)c3)nc12. The molecule has 0 saturated heterocycles. The highest BCUT2D eigenvalue weighted by Crippen LogP contribution is 2.32. The number of carbonyl (C=O) groups is 1. The Morgan fingerprint density at radius 1 is 1.19 bits per heavy atom. The predicted molar refractivity (Wildman–Crippen MR) is 137 cm³/mol. The first kappa shape index (κ1) is 24.8. The first-order valence-corrected chi connectivity index (χ1v) is 11.5. The van der Waals surface area contributed by atoms with E-state index in [4.69, 9.17) is 10.7 Å². The molecule has 1 amide bonds. The van der Waals surface area contributed by atoms with Crippen molar-refractivity contribution in [2.75, 3.05) is 13.6 Å². The lowest BCUT2D eigenvalue weighted by atomic mass is 9.97. The van der Waals surface area contributed by atoms with Gasteiger partial charge in [0, 0.05) is 37.0 Å². The van der Waals surface area contributed by atoms with Gasteiger partial charge in [0.05, 0.1) is 28.4 Å². The Balaban J connectivity index is 1.98. The second kappa shape index (κ2) is 10.1. The highest BCUT2D eigenvalue weighted by atomic mass is 19.1. The highest BCUT2D eigenvalue weighted by Gasteiger charge is 2.24. The van der Waals surface area contributed by atoms with Gasteiger partial charge >= 0.3 is 0 Å². The third kappa shape index (κ3) is 5.02. The fraction of sp³-hybridized carbons (Fsp3) is 0.214. The van der Waals surface area contributed by atoms with E-state index in [9.17, 15) is 19.6 Å². The van der Waals surface area contributed by atoms with Gasteiger partial charge in [-0.2, -0.15) is 5.26 Å². The van der Waals surface area contributed by atoms with Crippen LogP contribution in [0.4, 0.5) is 4.39 Å². The zero-order valence-corrected chi connectivity index (χ0v) is 20.3. The fourth-order valence-electron chi connectivity index (χ4n) is 4.13. The number of nitriles is 1. The van der Waals surface area contributed by atoms with Crippen LogP contribution in [0.25, 0.3) is 33.4 Å². The van der Waals surface area contributed by atoms with E-state index in [1.54, 1.807) is 44.4 Å². The molecule has 0 aliphatic heterocycles. The Bertz CT molecular complexity index is 1490. The van der Waals surface area contributed by atoms with Crippen LogP contribution in [-0.4, -0.2) is 45.5 Å². The number of carbonyl (C=O) groups excluding carboxylic acids is 1. The number of pyridine rings is 2. The zero-order chi connectivity index (χ0) is 26.0. The maximum Gasteiger partial charge on any atom is 0.256 e. The number of likely N-dealkylation sites (N-methyl/N-ethyl adjacent to an activating group) is 1. The van der Waals surface area contributed by atoms with Crippen LogP contribution in [0.3, 0.4) is 0 Å². The summed E-state index contributed by atoms with van der Waals surface area (Å²) in [6.45, 7) is 4.06. The minimum Gasteiger partial charge on any atom is -0.508 e. The second-order valence-corrected chi connectivity index (χ2v) is 8.86. The number of nitrogens with two attached hydrogens (primary N) is 1. The minimum absolute atomic E-state index is 0.0716. The van der Waals surface area contributed by atoms with Gasteiger partial charge in [0.2, 0.25) is 0 Å². The van der Waals surface area contributed by atoms with Crippen LogP contribution in [0.15, 0.2) is 54.7 Å². The first-order chi connectivity index (χ1) is 17.2. The monoisotopic (exact) mass is 483 g/mol. The van der Waals surface area contributed by atoms with Crippen molar-refractivity contribution in [1.82, 2.24) is 14.9 Å². The number of phenolic OH excluding ortho intramolecular Hbond substituents is 1. The molecule has 0 saturated carbocycles. The molecule has 2 heterocycles. The molecule has 0 aliphatic carbocycles. The number of fused-ring (bicyclic) bond motifs is 1. The van der Waals surface area contributed by atoms with Crippen molar-refractivity contribution >= 4 is 16.9 Å². The number of halogens is 1. The largest absolute Gasteiger partial charge is 0.508 e. The maximum atomic E-state index is 14.3. The van der Waals surface area contributed by atoms with Crippen molar-refractivity contribution in [3.8, 4) is 34.2 Å². The van der Waals surface area contributed by atoms with Crippen molar-refractivity contribution < 1.29 is 14.3 Å². The van der Waals surface area contributed by atoms with Crippen molar-refractivity contribution in [3.05, 3.63) is 77.2 Å². The smallest absolute Gasteiger partial charge is 0.256 e. The van der Waals surface area contributed by atoms with E-state index in [1.807, 2.05) is 13.0 Å². The Hall–Kier alpha value is -4.35. The van der Waals surface area contributed by atoms with E-state index in [0.29, 0.717) is 51.9 Å². The summed E-state index contributed by atoms with van der Waals surface area (Å²) in [5, 5.41) is 19.4. The fourth-order valence-corrected chi connectivity index (χ4v) is 4.13. The summed E-state index contributed by atoms with van der Waals surface area (Å²) in [6.07, 6.45) is 2.26. The third-order valence-electron chi connectivity index (χ3n) is 6.00. The lowest BCUT2D eigenvalue weighted by molar-refractivity contribution is 0.0788. The summed E-state index contributed by atoms with van der Waals surface area (Å²) in [7, 11) is 1.67. The molecule has 4 rings (SSSR count). The molecule has 1 atom stereocenters. The average Bonchev–Trinajstić information content (AvgIpc) is 2.86. The minimum atomic E-state index is -0.421. The number of benzene rings is 2. The Labute approximate surface area is 208 Å². The number of rotatable bonds is 6. The first-order valence-electron chi connectivity index (χ1n) is 11.5. The van der Waals surface area contributed by atoms with Crippen LogP contribution in [-0.2, 0) is 0 Å². The van der Waals surface area contributed by atoms with Crippen molar-refractivity contribution in [3.63, 3.8) is 0 Å². The van der Waals surface area contributed by atoms with Gasteiger partial charge in [-0.1, -0.05) is 13.0 Å². The van der Waals surface area contributed by atoms with Gasteiger partial charge in [-0.3, -0.25) is 9.78 Å². The summed E-state index contributed by atoms with van der Waals surface area (Å²) >= 11 is 0. The Morgan fingerprint density at radius 3 is 2.67 bits per heavy atom. The molecule has 2 aromatic heterocycles. The molecule has 36 heavy (non-hydrogen) atoms. The van der Waals surface area contributed by atoms with Crippen LogP contribution >= 0.6 is 0 Å². The summed E-state index contributed by atoms with van der Waals surface area (Å²) in [5.74, 6) is -0.811. The van der Waals surface area contributed by atoms with Gasteiger partial charge in [-0.25, -0.2) is 9.37 Å². The molecule has 4 aromatic rings. The van der Waals surface area contributed by atoms with E-state index < -0.39 is 5.82 Å². The van der Waals surface area contributed by atoms with Gasteiger partial charge in [-0.05, 0) is 66.9 Å². The van der Waals surface area contributed by atoms with Crippen molar-refractivity contribution in [2.45, 2.75) is 26.3 Å². The summed E-state index contributed by atoms with van der Waals surface area (Å²) in [6, 6.07) is 14.3. The van der Waals surface area contributed by atoms with Crippen LogP contribution < -0.4 is 5.73 Å². The third-order valence-corrected chi connectivity index (χ3v) is 6.00. The molecular weight excluding hydrogens is 457 g/mol. The lowest BCUT2D eigenvalue weighted by Crippen LogP contribution is -2.38. The molecule has 8 heteroatoms. The summed E-state index contributed by atoms with van der Waals surface area (Å²) < 4.78 is 14.3. The van der Waals surface area contributed by atoms with E-state index in [2.05, 4.69) is 4.98 Å². The predicted octanol–water partition coefficient (Wildman–Crippen LogP) is 4.80. The topological polar surface area (TPSA) is 116 Å². The van der Waals surface area contributed by atoms with Gasteiger partial charge in [0.25, 0.3) is 5.91 Å². The zero-order valence-electron chi connectivity index (χ0n) is 20.3. The average molecular weight is 484 g/mol. The highest BCUT2D eigenvalue weighted by molar-refractivity contribution is 6.10. The molecule has 0 aliphatic rings. The van der Waals surface area contributed by atoms with Gasteiger partial charge in [0.15, 0.2) is 0 Å². The van der Waals surface area contributed by atoms with Crippen LogP contribution in [0.5, 0.6) is 5.75 Å². The van der Waals surface area contributed by atoms with E-state index >= 15 is 0 Å². The number of hydrogen-bond donors (Lipinski definition) is 2. The van der Waals surface area contributed by atoms with Gasteiger partial charge in [0.1, 0.15) is 17.1 Å². The Kier molecular flexibility index (Phi) is 6.95. The normalized spacial score (nSPS) is 11.8. The number of aromatic nitrogens is 2. The number of phenols is 1. The van der Waals surface area contributed by atoms with Crippen LogP contribution in [0.2, 0.25) is 0 Å². The molecule has 182 valence electrons. The van der Waals surface area contributed by atoms with Crippen molar-refractivity contribution in [1.29, 1.82) is 5.26 Å². The van der Waals surface area contributed by atoms with Crippen LogP contribution in [0, 0.1) is 24.1 Å². The number of aromatic hydroxyl groups is 1. The van der Waals surface area contributed by atoms with Gasteiger partial charge < -0.3 is 15.7 Å². The van der Waals surface area contributed by atoms with E-state index in [0.717, 1.165) is 0 Å². The molecule has 3 N–H and O–H groups in total. The maximum absolute atomic E-state index is 14.3. The number of aryl methyl sites for hydroxylation is 1. The summed E-state index contributed by atoms with van der Waals surface area (Å²) in [5.41, 5.74) is 10.1. The molecule has 2 aromatic carbocycles. The number of nitrogens with zero attached hydrogens (tertiary/aromatic N) is 4. The van der Waals surface area contributed by atoms with Crippen molar-refractivity contribution in [2.24, 2.45) is 5.73 Å². The molecule has 0 bridgehead atoms. The molecular formula is C28H26FN5O2. The standard InChI is InChI=1S/C28H26FN5O2/c1-4-21(31)15-34(3)28(36)26-23(18-7-16(2)8-20(29)11-18)14-32-25-6-5-24(33-27(25)26)19-9-17(13-30)10-22(35)12-19/h5-12,14,21,35H,4,15,31H2,1-3H3. The Morgan fingerprint density at radius 2 is 1.97 bits per heavy atom.